The maximum atomic E-state index is 12.5. The Morgan fingerprint density at radius 2 is 1.76 bits per heavy atom. The van der Waals surface area contributed by atoms with E-state index in [1.807, 2.05) is 19.2 Å². The van der Waals surface area contributed by atoms with Gasteiger partial charge in [-0.1, -0.05) is 30.3 Å². The Bertz CT molecular complexity index is 1170. The van der Waals surface area contributed by atoms with E-state index < -0.39 is 10.0 Å². The molecule has 0 saturated carbocycles. The predicted molar refractivity (Wildman–Crippen MR) is 117 cm³/mol. The summed E-state index contributed by atoms with van der Waals surface area (Å²) >= 11 is 1.52. The van der Waals surface area contributed by atoms with E-state index in [0.717, 1.165) is 10.4 Å². The highest BCUT2D eigenvalue weighted by Gasteiger charge is 2.14. The number of carbonyl (C=O) groups is 1. The maximum Gasteiger partial charge on any atom is 0.272 e. The van der Waals surface area contributed by atoms with Gasteiger partial charge in [0.15, 0.2) is 0 Å². The maximum absolute atomic E-state index is 12.5. The van der Waals surface area contributed by atoms with Gasteiger partial charge < -0.3 is 0 Å². The van der Waals surface area contributed by atoms with Gasteiger partial charge in [0.2, 0.25) is 0 Å². The molecule has 0 aliphatic rings. The number of benzene rings is 2. The minimum Gasteiger partial charge on any atom is -0.280 e. The van der Waals surface area contributed by atoms with Crippen molar-refractivity contribution in [3.8, 4) is 0 Å². The van der Waals surface area contributed by atoms with Crippen LogP contribution in [0.5, 0.6) is 0 Å². The van der Waals surface area contributed by atoms with E-state index in [0.29, 0.717) is 22.5 Å². The Hall–Kier alpha value is -2.97. The summed E-state index contributed by atoms with van der Waals surface area (Å²) in [5, 5.41) is 5.97. The van der Waals surface area contributed by atoms with Gasteiger partial charge in [0.1, 0.15) is 0 Å². The zero-order valence-electron chi connectivity index (χ0n) is 16.3. The summed E-state index contributed by atoms with van der Waals surface area (Å²) in [6.07, 6.45) is 0. The van der Waals surface area contributed by atoms with Crippen molar-refractivity contribution in [1.29, 1.82) is 0 Å². The van der Waals surface area contributed by atoms with Crippen LogP contribution in [0, 0.1) is 13.8 Å². The summed E-state index contributed by atoms with van der Waals surface area (Å²) in [6, 6.07) is 15.0. The van der Waals surface area contributed by atoms with E-state index in [4.69, 9.17) is 0 Å². The highest BCUT2D eigenvalue weighted by atomic mass is 32.2. The molecule has 2 N–H and O–H groups in total. The van der Waals surface area contributed by atoms with Crippen LogP contribution in [-0.4, -0.2) is 20.0 Å². The number of amides is 1. The number of hydrazone groups is 1. The lowest BCUT2D eigenvalue weighted by Crippen LogP contribution is -2.19. The van der Waals surface area contributed by atoms with Crippen LogP contribution in [-0.2, 0) is 10.0 Å². The fourth-order valence-corrected chi connectivity index (χ4v) is 4.55. The zero-order valence-corrected chi connectivity index (χ0v) is 17.9. The summed E-state index contributed by atoms with van der Waals surface area (Å²) < 4.78 is 27.5. The molecule has 3 rings (SSSR count). The van der Waals surface area contributed by atoms with E-state index in [9.17, 15) is 13.2 Å². The molecular weight excluding hydrogens is 406 g/mol. The Morgan fingerprint density at radius 3 is 2.41 bits per heavy atom. The molecule has 3 aromatic rings. The fourth-order valence-electron chi connectivity index (χ4n) is 2.62. The molecule has 0 bridgehead atoms. The lowest BCUT2D eigenvalue weighted by molar-refractivity contribution is 0.0954. The molecule has 0 spiro atoms. The highest BCUT2D eigenvalue weighted by Crippen LogP contribution is 2.20. The molecule has 0 aliphatic heterocycles. The minimum absolute atomic E-state index is 0.185. The predicted octanol–water partition coefficient (Wildman–Crippen LogP) is 4.32. The molecule has 0 fully saturated rings. The molecule has 29 heavy (non-hydrogen) atoms. The van der Waals surface area contributed by atoms with Crippen LogP contribution in [0.3, 0.4) is 0 Å². The second-order valence-electron chi connectivity index (χ2n) is 6.47. The Balaban J connectivity index is 1.75. The lowest BCUT2D eigenvalue weighted by Gasteiger charge is -2.10. The topological polar surface area (TPSA) is 87.6 Å². The monoisotopic (exact) mass is 427 g/mol. The molecule has 8 heteroatoms. The van der Waals surface area contributed by atoms with Crippen LogP contribution >= 0.6 is 11.3 Å². The molecule has 0 saturated heterocycles. The third-order valence-corrected chi connectivity index (χ3v) is 6.85. The first-order chi connectivity index (χ1) is 13.8. The van der Waals surface area contributed by atoms with E-state index in [1.54, 1.807) is 49.4 Å². The second-order valence-corrected chi connectivity index (χ2v) is 9.23. The first-order valence-corrected chi connectivity index (χ1v) is 11.2. The SMILES string of the molecule is C/C(=N/NC(=O)c1csc(C)c1C)c1cccc(NS(=O)(=O)c2ccccc2)c1. The number of thiophene rings is 1. The normalized spacial score (nSPS) is 11.9. The zero-order chi connectivity index (χ0) is 21.0. The number of hydrogen-bond donors (Lipinski definition) is 2. The average Bonchev–Trinajstić information content (AvgIpc) is 3.05. The molecule has 150 valence electrons. The number of anilines is 1. The molecule has 1 heterocycles. The Morgan fingerprint density at radius 1 is 1.03 bits per heavy atom. The van der Waals surface area contributed by atoms with Crippen LogP contribution in [0.1, 0.15) is 33.3 Å². The number of nitrogens with zero attached hydrogens (tertiary/aromatic N) is 1. The molecule has 0 atom stereocenters. The van der Waals surface area contributed by atoms with Crippen molar-refractivity contribution in [3.05, 3.63) is 81.5 Å². The van der Waals surface area contributed by atoms with Crippen molar-refractivity contribution in [2.75, 3.05) is 4.72 Å². The highest BCUT2D eigenvalue weighted by molar-refractivity contribution is 7.92. The molecule has 1 amide bonds. The van der Waals surface area contributed by atoms with E-state index in [-0.39, 0.29) is 10.8 Å². The van der Waals surface area contributed by atoms with Gasteiger partial charge in [0.05, 0.1) is 16.2 Å². The lowest BCUT2D eigenvalue weighted by atomic mass is 10.1. The van der Waals surface area contributed by atoms with Crippen LogP contribution in [0.4, 0.5) is 5.69 Å². The van der Waals surface area contributed by atoms with Crippen molar-refractivity contribution in [2.24, 2.45) is 5.10 Å². The van der Waals surface area contributed by atoms with Crippen LogP contribution in [0.15, 0.2) is 70.0 Å². The fraction of sp³-hybridized carbons (Fsp3) is 0.143. The molecule has 0 aliphatic carbocycles. The number of rotatable bonds is 6. The summed E-state index contributed by atoms with van der Waals surface area (Å²) in [4.78, 5) is 13.6. The van der Waals surface area contributed by atoms with Gasteiger partial charge in [-0.25, -0.2) is 13.8 Å². The average molecular weight is 428 g/mol. The minimum atomic E-state index is -3.68. The van der Waals surface area contributed by atoms with Gasteiger partial charge in [-0.3, -0.25) is 9.52 Å². The van der Waals surface area contributed by atoms with Crippen LogP contribution in [0.25, 0.3) is 0 Å². The third-order valence-electron chi connectivity index (χ3n) is 4.44. The summed E-state index contributed by atoms with van der Waals surface area (Å²) in [5.41, 5.74) is 5.77. The molecule has 0 radical (unpaired) electrons. The van der Waals surface area contributed by atoms with Crippen molar-refractivity contribution in [1.82, 2.24) is 5.43 Å². The van der Waals surface area contributed by atoms with E-state index in [1.165, 1.54) is 23.5 Å². The first kappa shape index (κ1) is 20.8. The Labute approximate surface area is 174 Å². The van der Waals surface area contributed by atoms with Crippen molar-refractivity contribution in [2.45, 2.75) is 25.7 Å². The largest absolute Gasteiger partial charge is 0.280 e. The quantitative estimate of drug-likeness (QED) is 0.454. The van der Waals surface area contributed by atoms with E-state index in [2.05, 4.69) is 15.2 Å². The number of hydrogen-bond acceptors (Lipinski definition) is 5. The van der Waals surface area contributed by atoms with E-state index >= 15 is 0 Å². The van der Waals surface area contributed by atoms with Gasteiger partial charge in [-0.05, 0) is 56.2 Å². The summed E-state index contributed by atoms with van der Waals surface area (Å²) in [5.74, 6) is -0.271. The number of nitrogens with one attached hydrogen (secondary N) is 2. The first-order valence-electron chi connectivity index (χ1n) is 8.85. The molecule has 2 aromatic carbocycles. The van der Waals surface area contributed by atoms with Crippen LogP contribution < -0.4 is 10.1 Å². The number of aryl methyl sites for hydroxylation is 1. The van der Waals surface area contributed by atoms with Gasteiger partial charge >= 0.3 is 0 Å². The van der Waals surface area contributed by atoms with Crippen molar-refractivity contribution in [3.63, 3.8) is 0 Å². The van der Waals surface area contributed by atoms with Gasteiger partial charge in [0, 0.05) is 15.9 Å². The standard InChI is InChI=1S/C21H21N3O3S2/c1-14-16(3)28-13-20(14)21(25)23-22-15(2)17-8-7-9-18(12-17)24-29(26,27)19-10-5-4-6-11-19/h4-13,24H,1-3H3,(H,23,25)/b22-15-. The van der Waals surface area contributed by atoms with Crippen molar-refractivity contribution >= 4 is 38.7 Å². The molecular formula is C21H21N3O3S2. The summed E-state index contributed by atoms with van der Waals surface area (Å²) in [7, 11) is -3.68. The van der Waals surface area contributed by atoms with Gasteiger partial charge in [-0.15, -0.1) is 11.3 Å². The number of sulfonamides is 1. The molecule has 0 unspecified atom stereocenters. The number of carbonyl (C=O) groups excluding carboxylic acids is 1. The third kappa shape index (κ3) is 4.90. The van der Waals surface area contributed by atoms with Gasteiger partial charge in [-0.2, -0.15) is 5.10 Å². The summed E-state index contributed by atoms with van der Waals surface area (Å²) in [6.45, 7) is 5.61. The molecule has 1 aromatic heterocycles. The molecule has 6 nitrogen and oxygen atoms in total. The second kappa shape index (κ2) is 8.59. The Kier molecular flexibility index (Phi) is 6.14. The smallest absolute Gasteiger partial charge is 0.272 e. The van der Waals surface area contributed by atoms with Crippen molar-refractivity contribution < 1.29 is 13.2 Å². The van der Waals surface area contributed by atoms with Gasteiger partial charge in [0.25, 0.3) is 15.9 Å². The van der Waals surface area contributed by atoms with Crippen LogP contribution in [0.2, 0.25) is 0 Å².